The standard InChI is InChI=1S/C14H19NO/c1-14(2,3)11-6-7-12-10(9-11)5-8-13(12)15-16-4/h6-7,9H,5,8H2,1-4H3. The van der Waals surface area contributed by atoms with Crippen LogP contribution in [0.25, 0.3) is 0 Å². The van der Waals surface area contributed by atoms with Gasteiger partial charge >= 0.3 is 0 Å². The van der Waals surface area contributed by atoms with Gasteiger partial charge in [0.1, 0.15) is 7.11 Å². The van der Waals surface area contributed by atoms with Crippen molar-refractivity contribution in [1.29, 1.82) is 0 Å². The first kappa shape index (κ1) is 11.2. The van der Waals surface area contributed by atoms with Crippen LogP contribution in [0.2, 0.25) is 0 Å². The lowest BCUT2D eigenvalue weighted by atomic mass is 9.85. The summed E-state index contributed by atoms with van der Waals surface area (Å²) in [5, 5.41) is 4.07. The van der Waals surface area contributed by atoms with Crippen molar-refractivity contribution >= 4 is 5.71 Å². The first-order valence-electron chi connectivity index (χ1n) is 5.76. The second-order valence-corrected chi connectivity index (χ2v) is 5.34. The van der Waals surface area contributed by atoms with E-state index in [1.165, 1.54) is 16.7 Å². The molecule has 1 aliphatic carbocycles. The number of benzene rings is 1. The molecule has 1 aromatic rings. The van der Waals surface area contributed by atoms with Gasteiger partial charge in [0.2, 0.25) is 0 Å². The van der Waals surface area contributed by atoms with Crippen molar-refractivity contribution in [1.82, 2.24) is 0 Å². The molecule has 0 amide bonds. The Kier molecular flexibility index (Phi) is 2.75. The Hall–Kier alpha value is -1.31. The fourth-order valence-electron chi connectivity index (χ4n) is 2.14. The average molecular weight is 217 g/mol. The lowest BCUT2D eigenvalue weighted by molar-refractivity contribution is 0.213. The average Bonchev–Trinajstić information content (AvgIpc) is 2.60. The lowest BCUT2D eigenvalue weighted by Crippen LogP contribution is -2.11. The van der Waals surface area contributed by atoms with E-state index in [1.807, 2.05) is 0 Å². The number of hydrogen-bond acceptors (Lipinski definition) is 2. The van der Waals surface area contributed by atoms with Gasteiger partial charge in [0, 0.05) is 5.56 Å². The fourth-order valence-corrected chi connectivity index (χ4v) is 2.14. The molecule has 1 aliphatic rings. The van der Waals surface area contributed by atoms with Gasteiger partial charge in [-0.3, -0.25) is 0 Å². The minimum atomic E-state index is 0.218. The molecule has 0 radical (unpaired) electrons. The Morgan fingerprint density at radius 1 is 1.19 bits per heavy atom. The zero-order valence-electron chi connectivity index (χ0n) is 10.5. The zero-order chi connectivity index (χ0) is 11.8. The molecule has 2 nitrogen and oxygen atoms in total. The van der Waals surface area contributed by atoms with Gasteiger partial charge in [-0.15, -0.1) is 0 Å². The smallest absolute Gasteiger partial charge is 0.106 e. The maximum absolute atomic E-state index is 4.87. The van der Waals surface area contributed by atoms with Crippen LogP contribution in [0.5, 0.6) is 0 Å². The van der Waals surface area contributed by atoms with E-state index in [-0.39, 0.29) is 5.41 Å². The van der Waals surface area contributed by atoms with Crippen molar-refractivity contribution < 1.29 is 4.84 Å². The summed E-state index contributed by atoms with van der Waals surface area (Å²) in [6.07, 6.45) is 2.08. The van der Waals surface area contributed by atoms with Crippen molar-refractivity contribution in [2.45, 2.75) is 39.0 Å². The highest BCUT2D eigenvalue weighted by atomic mass is 16.6. The molecule has 0 bridgehead atoms. The van der Waals surface area contributed by atoms with Gasteiger partial charge in [-0.1, -0.05) is 44.1 Å². The highest BCUT2D eigenvalue weighted by Gasteiger charge is 2.21. The normalized spacial score (nSPS) is 17.6. The Bertz CT molecular complexity index is 427. The maximum atomic E-state index is 4.87. The Balaban J connectivity index is 2.41. The largest absolute Gasteiger partial charge is 0.399 e. The van der Waals surface area contributed by atoms with Crippen LogP contribution in [0, 0.1) is 0 Å². The Labute approximate surface area is 97.3 Å². The van der Waals surface area contributed by atoms with Gasteiger partial charge in [-0.2, -0.15) is 0 Å². The molecule has 2 rings (SSSR count). The summed E-state index contributed by atoms with van der Waals surface area (Å²) in [5.74, 6) is 0. The molecular weight excluding hydrogens is 198 g/mol. The van der Waals surface area contributed by atoms with E-state index < -0.39 is 0 Å². The minimum Gasteiger partial charge on any atom is -0.399 e. The van der Waals surface area contributed by atoms with Gasteiger partial charge in [-0.05, 0) is 29.4 Å². The van der Waals surface area contributed by atoms with Crippen LogP contribution in [-0.2, 0) is 16.7 Å². The van der Waals surface area contributed by atoms with E-state index in [4.69, 9.17) is 4.84 Å². The molecule has 1 aromatic carbocycles. The third-order valence-corrected chi connectivity index (χ3v) is 3.11. The summed E-state index contributed by atoms with van der Waals surface area (Å²) in [6, 6.07) is 6.70. The summed E-state index contributed by atoms with van der Waals surface area (Å²) >= 11 is 0. The Morgan fingerprint density at radius 2 is 1.94 bits per heavy atom. The molecule has 0 N–H and O–H groups in total. The molecule has 2 heteroatoms. The maximum Gasteiger partial charge on any atom is 0.106 e. The van der Waals surface area contributed by atoms with Crippen LogP contribution in [0.1, 0.15) is 43.9 Å². The molecule has 16 heavy (non-hydrogen) atoms. The van der Waals surface area contributed by atoms with E-state index in [0.717, 1.165) is 18.6 Å². The minimum absolute atomic E-state index is 0.218. The van der Waals surface area contributed by atoms with E-state index in [9.17, 15) is 0 Å². The van der Waals surface area contributed by atoms with Crippen LogP contribution < -0.4 is 0 Å². The third-order valence-electron chi connectivity index (χ3n) is 3.11. The molecule has 0 aromatic heterocycles. The van der Waals surface area contributed by atoms with Crippen molar-refractivity contribution in [2.75, 3.05) is 7.11 Å². The monoisotopic (exact) mass is 217 g/mol. The molecule has 0 unspecified atom stereocenters. The van der Waals surface area contributed by atoms with E-state index >= 15 is 0 Å². The molecule has 0 heterocycles. The predicted octanol–water partition coefficient (Wildman–Crippen LogP) is 3.28. The van der Waals surface area contributed by atoms with Crippen LogP contribution in [0.3, 0.4) is 0 Å². The SMILES string of the molecule is CON=C1CCc2cc(C(C)(C)C)ccc21. The van der Waals surface area contributed by atoms with Gasteiger partial charge < -0.3 is 4.84 Å². The third kappa shape index (κ3) is 1.97. The van der Waals surface area contributed by atoms with Crippen molar-refractivity contribution in [3.63, 3.8) is 0 Å². The molecule has 0 aliphatic heterocycles. The molecule has 86 valence electrons. The summed E-state index contributed by atoms with van der Waals surface area (Å²) in [4.78, 5) is 4.87. The van der Waals surface area contributed by atoms with Crippen molar-refractivity contribution in [3.05, 3.63) is 34.9 Å². The van der Waals surface area contributed by atoms with Crippen LogP contribution in [-0.4, -0.2) is 12.8 Å². The summed E-state index contributed by atoms with van der Waals surface area (Å²) in [5.41, 5.74) is 5.36. The molecule has 0 saturated carbocycles. The van der Waals surface area contributed by atoms with Crippen LogP contribution >= 0.6 is 0 Å². The second-order valence-electron chi connectivity index (χ2n) is 5.34. The Morgan fingerprint density at radius 3 is 2.56 bits per heavy atom. The molecule has 0 saturated heterocycles. The first-order chi connectivity index (χ1) is 7.52. The second kappa shape index (κ2) is 3.93. The van der Waals surface area contributed by atoms with Gasteiger partial charge in [0.05, 0.1) is 5.71 Å². The van der Waals surface area contributed by atoms with Gasteiger partial charge in [0.25, 0.3) is 0 Å². The van der Waals surface area contributed by atoms with Crippen LogP contribution in [0.15, 0.2) is 23.4 Å². The van der Waals surface area contributed by atoms with Crippen LogP contribution in [0.4, 0.5) is 0 Å². The van der Waals surface area contributed by atoms with Gasteiger partial charge in [0.15, 0.2) is 0 Å². The molecule has 0 fully saturated rings. The topological polar surface area (TPSA) is 21.6 Å². The summed E-state index contributed by atoms with van der Waals surface area (Å²) in [7, 11) is 1.61. The quantitative estimate of drug-likeness (QED) is 0.661. The number of oxime groups is 1. The predicted molar refractivity (Wildman–Crippen MR) is 67.0 cm³/mol. The molecule has 0 atom stereocenters. The number of aryl methyl sites for hydroxylation is 1. The highest BCUT2D eigenvalue weighted by Crippen LogP contribution is 2.29. The summed E-state index contributed by atoms with van der Waals surface area (Å²) < 4.78 is 0. The first-order valence-corrected chi connectivity index (χ1v) is 5.76. The lowest BCUT2D eigenvalue weighted by Gasteiger charge is -2.19. The van der Waals surface area contributed by atoms with E-state index in [2.05, 4.69) is 44.1 Å². The zero-order valence-corrected chi connectivity index (χ0v) is 10.5. The van der Waals surface area contributed by atoms with Gasteiger partial charge in [-0.25, -0.2) is 0 Å². The number of nitrogens with zero attached hydrogens (tertiary/aromatic N) is 1. The van der Waals surface area contributed by atoms with E-state index in [0.29, 0.717) is 0 Å². The van der Waals surface area contributed by atoms with Crippen molar-refractivity contribution in [2.24, 2.45) is 5.16 Å². The number of hydrogen-bond donors (Lipinski definition) is 0. The molecule has 0 spiro atoms. The van der Waals surface area contributed by atoms with E-state index in [1.54, 1.807) is 7.11 Å². The number of rotatable bonds is 1. The fraction of sp³-hybridized carbons (Fsp3) is 0.500. The number of fused-ring (bicyclic) bond motifs is 1. The molecular formula is C14H19NO. The van der Waals surface area contributed by atoms with Crippen molar-refractivity contribution in [3.8, 4) is 0 Å². The highest BCUT2D eigenvalue weighted by molar-refractivity contribution is 6.04. The summed E-state index contributed by atoms with van der Waals surface area (Å²) in [6.45, 7) is 6.73.